The number of hydrogen-bond donors (Lipinski definition) is 2. The molecule has 1 aromatic carbocycles. The zero-order valence-electron chi connectivity index (χ0n) is 13.0. The number of nitrogen functional groups attached to an aromatic ring is 1. The second-order valence-corrected chi connectivity index (χ2v) is 5.86. The van der Waals surface area contributed by atoms with Crippen molar-refractivity contribution in [3.05, 3.63) is 35.9 Å². The van der Waals surface area contributed by atoms with Crippen molar-refractivity contribution in [3.63, 3.8) is 0 Å². The number of aromatic nitrogens is 2. The number of nitrogens with zero attached hydrogens (tertiary/aromatic N) is 2. The van der Waals surface area contributed by atoms with Crippen LogP contribution in [0.15, 0.2) is 30.3 Å². The van der Waals surface area contributed by atoms with Gasteiger partial charge < -0.3 is 15.8 Å². The second-order valence-electron chi connectivity index (χ2n) is 5.86. The van der Waals surface area contributed by atoms with Crippen molar-refractivity contribution in [2.45, 2.75) is 33.1 Å². The van der Waals surface area contributed by atoms with Crippen molar-refractivity contribution in [1.29, 1.82) is 0 Å². The average Bonchev–Trinajstić information content (AvgIpc) is 2.37. The highest BCUT2D eigenvalue weighted by atomic mass is 16.5. The number of nitrogens with two attached hydrogens (primary N) is 1. The van der Waals surface area contributed by atoms with E-state index in [1.54, 1.807) is 6.07 Å². The molecular formula is C16H22N4O. The highest BCUT2D eigenvalue weighted by Crippen LogP contribution is 2.28. The van der Waals surface area contributed by atoms with Crippen LogP contribution in [-0.2, 0) is 5.41 Å². The van der Waals surface area contributed by atoms with E-state index in [0.717, 1.165) is 12.3 Å². The van der Waals surface area contributed by atoms with E-state index in [-0.39, 0.29) is 11.4 Å². The summed E-state index contributed by atoms with van der Waals surface area (Å²) in [5.74, 6) is 2.02. The van der Waals surface area contributed by atoms with Gasteiger partial charge in [0.2, 0.25) is 11.8 Å². The van der Waals surface area contributed by atoms with E-state index in [4.69, 9.17) is 10.5 Å². The molecule has 5 heteroatoms. The smallest absolute Gasteiger partial charge is 0.226 e. The molecule has 0 aliphatic carbocycles. The van der Waals surface area contributed by atoms with Crippen LogP contribution in [0.4, 0.5) is 11.8 Å². The van der Waals surface area contributed by atoms with Crippen molar-refractivity contribution in [2.75, 3.05) is 17.6 Å². The first-order chi connectivity index (χ1) is 9.88. The molecule has 0 saturated heterocycles. The molecule has 21 heavy (non-hydrogen) atoms. The van der Waals surface area contributed by atoms with Crippen LogP contribution < -0.4 is 15.8 Å². The first-order valence-corrected chi connectivity index (χ1v) is 7.05. The fraction of sp³-hybridized carbons (Fsp3) is 0.375. The van der Waals surface area contributed by atoms with Gasteiger partial charge >= 0.3 is 0 Å². The van der Waals surface area contributed by atoms with Gasteiger partial charge in [-0.05, 0) is 30.0 Å². The van der Waals surface area contributed by atoms with Crippen LogP contribution in [0.3, 0.4) is 0 Å². The molecule has 0 aliphatic rings. The van der Waals surface area contributed by atoms with Crippen LogP contribution in [0.25, 0.3) is 0 Å². The monoisotopic (exact) mass is 286 g/mol. The molecule has 0 amide bonds. The minimum absolute atomic E-state index is 0.0684. The lowest BCUT2D eigenvalue weighted by Gasteiger charge is -2.19. The van der Waals surface area contributed by atoms with Gasteiger partial charge in [-0.15, -0.1) is 0 Å². The molecule has 2 rings (SSSR count). The fourth-order valence-corrected chi connectivity index (χ4v) is 1.91. The highest BCUT2D eigenvalue weighted by molar-refractivity contribution is 5.44. The Balaban J connectivity index is 2.26. The maximum Gasteiger partial charge on any atom is 0.226 e. The molecule has 0 spiro atoms. The summed E-state index contributed by atoms with van der Waals surface area (Å²) < 4.78 is 5.81. The Morgan fingerprint density at radius 3 is 2.62 bits per heavy atom. The molecule has 0 atom stereocenters. The van der Waals surface area contributed by atoms with Gasteiger partial charge in [0.05, 0.1) is 0 Å². The Hall–Kier alpha value is -2.30. The molecule has 1 aromatic heterocycles. The van der Waals surface area contributed by atoms with Crippen LogP contribution in [0, 0.1) is 0 Å². The van der Waals surface area contributed by atoms with Gasteiger partial charge in [0, 0.05) is 12.6 Å². The third-order valence-electron chi connectivity index (χ3n) is 3.00. The molecule has 0 unspecified atom stereocenters. The summed E-state index contributed by atoms with van der Waals surface area (Å²) in [6, 6.07) is 9.73. The van der Waals surface area contributed by atoms with Crippen molar-refractivity contribution >= 4 is 11.8 Å². The third-order valence-corrected chi connectivity index (χ3v) is 3.00. The lowest BCUT2D eigenvalue weighted by molar-refractivity contribution is 0.459. The fourth-order valence-electron chi connectivity index (χ4n) is 1.91. The first-order valence-electron chi connectivity index (χ1n) is 7.05. The van der Waals surface area contributed by atoms with Crippen LogP contribution in [-0.4, -0.2) is 16.5 Å². The Morgan fingerprint density at radius 2 is 1.95 bits per heavy atom. The van der Waals surface area contributed by atoms with Gasteiger partial charge in [-0.2, -0.15) is 9.97 Å². The third kappa shape index (κ3) is 4.08. The molecule has 5 nitrogen and oxygen atoms in total. The summed E-state index contributed by atoms with van der Waals surface area (Å²) in [6.45, 7) is 9.25. The number of rotatable bonds is 4. The summed E-state index contributed by atoms with van der Waals surface area (Å²) in [4.78, 5) is 8.21. The van der Waals surface area contributed by atoms with Gasteiger partial charge in [0.25, 0.3) is 0 Å². The lowest BCUT2D eigenvalue weighted by atomic mass is 9.87. The Morgan fingerprint density at radius 1 is 1.19 bits per heavy atom. The number of benzene rings is 1. The predicted molar refractivity (Wildman–Crippen MR) is 85.8 cm³/mol. The van der Waals surface area contributed by atoms with E-state index in [1.165, 1.54) is 5.56 Å². The van der Waals surface area contributed by atoms with E-state index in [9.17, 15) is 0 Å². The normalized spacial score (nSPS) is 11.2. The zero-order valence-corrected chi connectivity index (χ0v) is 13.0. The van der Waals surface area contributed by atoms with E-state index in [0.29, 0.717) is 11.7 Å². The van der Waals surface area contributed by atoms with Crippen molar-refractivity contribution < 1.29 is 4.74 Å². The number of ether oxygens (including phenoxy) is 1. The summed E-state index contributed by atoms with van der Waals surface area (Å²) in [5.41, 5.74) is 6.97. The molecule has 0 bridgehead atoms. The number of anilines is 2. The van der Waals surface area contributed by atoms with E-state index < -0.39 is 0 Å². The maximum atomic E-state index is 5.81. The first kappa shape index (κ1) is 15.1. The second kappa shape index (κ2) is 5.99. The maximum absolute atomic E-state index is 5.81. The topological polar surface area (TPSA) is 73.1 Å². The van der Waals surface area contributed by atoms with E-state index in [1.807, 2.05) is 25.1 Å². The minimum atomic E-state index is 0.0684. The van der Waals surface area contributed by atoms with Gasteiger partial charge in [-0.25, -0.2) is 0 Å². The van der Waals surface area contributed by atoms with Crippen molar-refractivity contribution in [2.24, 2.45) is 0 Å². The molecule has 112 valence electrons. The Bertz CT molecular complexity index is 620. The molecule has 1 heterocycles. The van der Waals surface area contributed by atoms with Gasteiger partial charge in [-0.1, -0.05) is 32.9 Å². The number of hydrogen-bond acceptors (Lipinski definition) is 5. The van der Waals surface area contributed by atoms with E-state index >= 15 is 0 Å². The molecule has 0 aliphatic heterocycles. The molecule has 0 fully saturated rings. The Labute approximate surface area is 125 Å². The summed E-state index contributed by atoms with van der Waals surface area (Å²) in [7, 11) is 0. The molecule has 0 radical (unpaired) electrons. The number of nitrogens with one attached hydrogen (secondary N) is 1. The zero-order chi connectivity index (χ0) is 15.5. The van der Waals surface area contributed by atoms with Crippen LogP contribution in [0.1, 0.15) is 33.3 Å². The Kier molecular flexibility index (Phi) is 4.31. The van der Waals surface area contributed by atoms with Crippen LogP contribution in [0.5, 0.6) is 11.6 Å². The summed E-state index contributed by atoms with van der Waals surface area (Å²) >= 11 is 0. The van der Waals surface area contributed by atoms with Gasteiger partial charge in [-0.3, -0.25) is 0 Å². The largest absolute Gasteiger partial charge is 0.439 e. The average molecular weight is 286 g/mol. The van der Waals surface area contributed by atoms with E-state index in [2.05, 4.69) is 42.1 Å². The summed E-state index contributed by atoms with van der Waals surface area (Å²) in [5, 5.41) is 3.10. The summed E-state index contributed by atoms with van der Waals surface area (Å²) in [6.07, 6.45) is 0. The van der Waals surface area contributed by atoms with Crippen molar-refractivity contribution in [1.82, 2.24) is 9.97 Å². The standard InChI is InChI=1S/C16H22N4O/c1-5-18-13-10-14(20-15(17)19-13)21-12-8-6-7-11(9-12)16(2,3)4/h6-10H,5H2,1-4H3,(H3,17,18,19,20). The molecular weight excluding hydrogens is 264 g/mol. The quantitative estimate of drug-likeness (QED) is 0.898. The van der Waals surface area contributed by atoms with Gasteiger partial charge in [0.15, 0.2) is 0 Å². The molecule has 2 aromatic rings. The predicted octanol–water partition coefficient (Wildman–Crippen LogP) is 3.58. The molecule has 0 saturated carbocycles. The highest BCUT2D eigenvalue weighted by Gasteiger charge is 2.14. The van der Waals surface area contributed by atoms with Crippen LogP contribution >= 0.6 is 0 Å². The van der Waals surface area contributed by atoms with Crippen molar-refractivity contribution in [3.8, 4) is 11.6 Å². The lowest BCUT2D eigenvalue weighted by Crippen LogP contribution is -2.10. The van der Waals surface area contributed by atoms with Gasteiger partial charge in [0.1, 0.15) is 11.6 Å². The minimum Gasteiger partial charge on any atom is -0.439 e. The SMILES string of the molecule is CCNc1cc(Oc2cccc(C(C)(C)C)c2)nc(N)n1. The van der Waals surface area contributed by atoms with Crippen LogP contribution in [0.2, 0.25) is 0 Å². The molecule has 3 N–H and O–H groups in total.